The van der Waals surface area contributed by atoms with E-state index in [1.165, 1.54) is 96.3 Å². The van der Waals surface area contributed by atoms with Gasteiger partial charge in [0.15, 0.2) is 6.29 Å². The molecule has 0 saturated carbocycles. The molecule has 7 atom stereocenters. The lowest BCUT2D eigenvalue weighted by Crippen LogP contribution is -2.60. The first-order valence-corrected chi connectivity index (χ1v) is 27.8. The number of nitrogens with one attached hydrogen (secondary N) is 1. The number of aliphatic hydroxyl groups is 5. The molecule has 0 bridgehead atoms. The van der Waals surface area contributed by atoms with E-state index < -0.39 is 49.5 Å². The van der Waals surface area contributed by atoms with E-state index >= 15 is 0 Å². The van der Waals surface area contributed by atoms with E-state index in [-0.39, 0.29) is 12.5 Å². The van der Waals surface area contributed by atoms with E-state index in [0.717, 1.165) is 103 Å². The predicted octanol–water partition coefficient (Wildman–Crippen LogP) is 13.5. The summed E-state index contributed by atoms with van der Waals surface area (Å²) < 4.78 is 11.3. The molecule has 9 nitrogen and oxygen atoms in total. The van der Waals surface area contributed by atoms with Gasteiger partial charge in [-0.3, -0.25) is 4.79 Å². The summed E-state index contributed by atoms with van der Waals surface area (Å²) in [5, 5.41) is 54.6. The van der Waals surface area contributed by atoms with E-state index in [1.54, 1.807) is 0 Å². The van der Waals surface area contributed by atoms with E-state index in [1.807, 2.05) is 0 Å². The Morgan fingerprint density at radius 3 is 1.35 bits per heavy atom. The van der Waals surface area contributed by atoms with Crippen molar-refractivity contribution in [3.8, 4) is 0 Å². The van der Waals surface area contributed by atoms with Gasteiger partial charge in [0.25, 0.3) is 0 Å². The highest BCUT2D eigenvalue weighted by Crippen LogP contribution is 2.23. The Morgan fingerprint density at radius 1 is 0.515 bits per heavy atom. The molecule has 1 fully saturated rings. The van der Waals surface area contributed by atoms with Crippen LogP contribution in [-0.4, -0.2) is 87.5 Å². The zero-order valence-corrected chi connectivity index (χ0v) is 43.3. The van der Waals surface area contributed by atoms with Gasteiger partial charge in [0.1, 0.15) is 24.4 Å². The Bertz CT molecular complexity index is 1340. The van der Waals surface area contributed by atoms with E-state index in [4.69, 9.17) is 9.47 Å². The standard InChI is InChI=1S/C59H103NO8/c1-3-5-7-9-11-13-15-17-19-21-23-24-25-26-27-28-29-30-31-33-35-37-39-41-43-45-47-49-55(63)60-52(51-67-59-58(66)57(65)56(64)54(50-61)68-59)53(62)48-46-44-42-40-38-36-34-32-22-20-18-16-14-12-10-8-6-4-2/h5,7,11,13,17,19,23-24,26-27,29-30,33,35,52-54,56-59,61-62,64-66H,3-4,6,8-10,12,14-16,18,20-22,25,28,31-32,34,36-51H2,1-2H3,(H,60,63)/b7-5-,13-11-,19-17-,24-23-,27-26-,30-29-,35-33-. The first-order valence-electron chi connectivity index (χ1n) is 27.8. The highest BCUT2D eigenvalue weighted by molar-refractivity contribution is 5.76. The Balaban J connectivity index is 2.26. The second-order valence-electron chi connectivity index (χ2n) is 19.0. The lowest BCUT2D eigenvalue weighted by Gasteiger charge is -2.40. The van der Waals surface area contributed by atoms with Gasteiger partial charge in [0.2, 0.25) is 5.91 Å². The van der Waals surface area contributed by atoms with Gasteiger partial charge in [0, 0.05) is 6.42 Å². The molecule has 7 unspecified atom stereocenters. The number of rotatable bonds is 46. The minimum atomic E-state index is -1.56. The predicted molar refractivity (Wildman–Crippen MR) is 285 cm³/mol. The molecule has 1 aliphatic rings. The van der Waals surface area contributed by atoms with Crippen molar-refractivity contribution >= 4 is 5.91 Å². The maximum atomic E-state index is 13.1. The molecule has 6 N–H and O–H groups in total. The fraction of sp³-hybridized carbons (Fsp3) is 0.746. The van der Waals surface area contributed by atoms with Gasteiger partial charge in [-0.2, -0.15) is 0 Å². The number of carbonyl (C=O) groups is 1. The molecular formula is C59H103NO8. The fourth-order valence-electron chi connectivity index (χ4n) is 8.38. The van der Waals surface area contributed by atoms with Gasteiger partial charge in [-0.25, -0.2) is 0 Å². The molecule has 392 valence electrons. The Labute approximate surface area is 416 Å². The normalized spacial score (nSPS) is 20.2. The van der Waals surface area contributed by atoms with Gasteiger partial charge in [-0.1, -0.05) is 234 Å². The van der Waals surface area contributed by atoms with Crippen LogP contribution >= 0.6 is 0 Å². The Morgan fingerprint density at radius 2 is 0.912 bits per heavy atom. The van der Waals surface area contributed by atoms with Gasteiger partial charge in [-0.15, -0.1) is 0 Å². The second kappa shape index (κ2) is 48.0. The van der Waals surface area contributed by atoms with Crippen LogP contribution in [0.3, 0.4) is 0 Å². The topological polar surface area (TPSA) is 149 Å². The van der Waals surface area contributed by atoms with Crippen molar-refractivity contribution in [2.75, 3.05) is 13.2 Å². The summed E-state index contributed by atoms with van der Waals surface area (Å²) in [5.41, 5.74) is 0. The van der Waals surface area contributed by atoms with E-state index in [9.17, 15) is 30.3 Å². The summed E-state index contributed by atoms with van der Waals surface area (Å²) in [5.74, 6) is -0.165. The van der Waals surface area contributed by atoms with Crippen LogP contribution in [0.25, 0.3) is 0 Å². The number of amides is 1. The van der Waals surface area contributed by atoms with E-state index in [2.05, 4.69) is 104 Å². The van der Waals surface area contributed by atoms with Gasteiger partial charge < -0.3 is 40.3 Å². The largest absolute Gasteiger partial charge is 0.394 e. The summed E-state index contributed by atoms with van der Waals surface area (Å²) in [4.78, 5) is 13.1. The molecule has 1 amide bonds. The average molecular weight is 954 g/mol. The van der Waals surface area contributed by atoms with Crippen LogP contribution in [0.1, 0.15) is 226 Å². The molecule has 0 radical (unpaired) electrons. The number of allylic oxidation sites excluding steroid dienone is 14. The highest BCUT2D eigenvalue weighted by Gasteiger charge is 2.44. The van der Waals surface area contributed by atoms with Crippen LogP contribution < -0.4 is 5.32 Å². The van der Waals surface area contributed by atoms with Crippen molar-refractivity contribution < 1.29 is 39.8 Å². The molecule has 0 aromatic rings. The molecular weight excluding hydrogens is 851 g/mol. The van der Waals surface area contributed by atoms with Gasteiger partial charge in [-0.05, 0) is 70.6 Å². The quantitative estimate of drug-likeness (QED) is 0.0261. The lowest BCUT2D eigenvalue weighted by atomic mass is 9.99. The van der Waals surface area contributed by atoms with E-state index in [0.29, 0.717) is 12.8 Å². The number of carbonyl (C=O) groups excluding carboxylic acids is 1. The Hall–Kier alpha value is -2.63. The monoisotopic (exact) mass is 954 g/mol. The molecule has 1 heterocycles. The third kappa shape index (κ3) is 37.2. The van der Waals surface area contributed by atoms with Crippen molar-refractivity contribution in [1.29, 1.82) is 0 Å². The van der Waals surface area contributed by atoms with Crippen molar-refractivity contribution in [3.05, 3.63) is 85.1 Å². The van der Waals surface area contributed by atoms with Gasteiger partial charge >= 0.3 is 0 Å². The fourth-order valence-corrected chi connectivity index (χ4v) is 8.38. The molecule has 1 aliphatic heterocycles. The highest BCUT2D eigenvalue weighted by atomic mass is 16.7. The SMILES string of the molecule is CC/C=C\C/C=C\C/C=C\C/C=C\C/C=C\C/C=C\C/C=C\CCCCCCCC(=O)NC(COC1OC(CO)C(O)C(O)C1O)C(O)CCCCCCCCCCCCCCCCCCCC. The molecule has 0 spiro atoms. The van der Waals surface area contributed by atoms with Crippen LogP contribution in [-0.2, 0) is 14.3 Å². The minimum Gasteiger partial charge on any atom is -0.394 e. The number of hydrogen-bond donors (Lipinski definition) is 6. The summed E-state index contributed by atoms with van der Waals surface area (Å²) in [6, 6.07) is -0.736. The maximum Gasteiger partial charge on any atom is 0.220 e. The molecule has 68 heavy (non-hydrogen) atoms. The first-order chi connectivity index (χ1) is 33.3. The summed E-state index contributed by atoms with van der Waals surface area (Å²) in [6.07, 6.45) is 60.2. The average Bonchev–Trinajstić information content (AvgIpc) is 3.34. The number of hydrogen-bond acceptors (Lipinski definition) is 8. The van der Waals surface area contributed by atoms with Crippen molar-refractivity contribution in [1.82, 2.24) is 5.32 Å². The van der Waals surface area contributed by atoms with Crippen molar-refractivity contribution in [2.24, 2.45) is 0 Å². The maximum absolute atomic E-state index is 13.1. The van der Waals surface area contributed by atoms with Crippen molar-refractivity contribution in [3.63, 3.8) is 0 Å². The second-order valence-corrected chi connectivity index (χ2v) is 19.0. The lowest BCUT2D eigenvalue weighted by molar-refractivity contribution is -0.302. The number of ether oxygens (including phenoxy) is 2. The molecule has 0 aromatic carbocycles. The first kappa shape index (κ1) is 63.4. The van der Waals surface area contributed by atoms with Crippen LogP contribution in [0.5, 0.6) is 0 Å². The van der Waals surface area contributed by atoms with Crippen LogP contribution in [0, 0.1) is 0 Å². The smallest absolute Gasteiger partial charge is 0.220 e. The Kier molecular flexibility index (Phi) is 44.8. The molecule has 1 saturated heterocycles. The third-order valence-electron chi connectivity index (χ3n) is 12.8. The molecule has 1 rings (SSSR count). The van der Waals surface area contributed by atoms with Gasteiger partial charge in [0.05, 0.1) is 25.4 Å². The van der Waals surface area contributed by atoms with Crippen molar-refractivity contribution in [2.45, 2.75) is 269 Å². The van der Waals surface area contributed by atoms with Crippen LogP contribution in [0.15, 0.2) is 85.1 Å². The van der Waals surface area contributed by atoms with Crippen LogP contribution in [0.2, 0.25) is 0 Å². The summed E-state index contributed by atoms with van der Waals surface area (Å²) in [6.45, 7) is 3.72. The molecule has 0 aromatic heterocycles. The summed E-state index contributed by atoms with van der Waals surface area (Å²) >= 11 is 0. The molecule has 9 heteroatoms. The number of aliphatic hydroxyl groups excluding tert-OH is 5. The summed E-state index contributed by atoms with van der Waals surface area (Å²) in [7, 11) is 0. The van der Waals surface area contributed by atoms with Crippen LogP contribution in [0.4, 0.5) is 0 Å². The minimum absolute atomic E-state index is 0.151. The number of unbranched alkanes of at least 4 members (excludes halogenated alkanes) is 22. The zero-order chi connectivity index (χ0) is 49.4. The molecule has 0 aliphatic carbocycles. The zero-order valence-electron chi connectivity index (χ0n) is 43.3. The third-order valence-corrected chi connectivity index (χ3v) is 12.8.